The maximum Gasteiger partial charge on any atom is 0.312 e. The van der Waals surface area contributed by atoms with Gasteiger partial charge in [0.1, 0.15) is 37.7 Å². The molecule has 2 aromatic rings. The Balaban J connectivity index is 1.37. The van der Waals surface area contributed by atoms with Gasteiger partial charge in [0.2, 0.25) is 5.95 Å². The lowest BCUT2D eigenvalue weighted by molar-refractivity contribution is -0.223. The van der Waals surface area contributed by atoms with Crippen LogP contribution in [0, 0.1) is 19.7 Å². The van der Waals surface area contributed by atoms with E-state index in [0.29, 0.717) is 33.7 Å². The van der Waals surface area contributed by atoms with Gasteiger partial charge in [-0.05, 0) is 24.6 Å². The highest BCUT2D eigenvalue weighted by Gasteiger charge is 2.58. The summed E-state index contributed by atoms with van der Waals surface area (Å²) in [4.78, 5) is 19.4. The molecule has 0 amide bonds. The first-order valence-corrected chi connectivity index (χ1v) is 11.9. The zero-order valence-electron chi connectivity index (χ0n) is 19.5. The minimum atomic E-state index is -0.988. The summed E-state index contributed by atoms with van der Waals surface area (Å²) in [7, 11) is 1.54. The minimum Gasteiger partial charge on any atom is -0.368 e. The van der Waals surface area contributed by atoms with Crippen LogP contribution in [0.4, 0.5) is 10.3 Å². The number of anilines is 1. The molecule has 10 nitrogen and oxygen atoms in total. The lowest BCUT2D eigenvalue weighted by atomic mass is 9.95. The molecule has 0 saturated carbocycles. The fourth-order valence-electron chi connectivity index (χ4n) is 4.67. The first-order valence-electron chi connectivity index (χ1n) is 11.1. The van der Waals surface area contributed by atoms with Gasteiger partial charge in [0, 0.05) is 24.9 Å². The molecule has 0 bridgehead atoms. The lowest BCUT2D eigenvalue weighted by Crippen LogP contribution is -2.38. The van der Waals surface area contributed by atoms with Crippen molar-refractivity contribution in [2.45, 2.75) is 56.7 Å². The van der Waals surface area contributed by atoms with Gasteiger partial charge in [0.05, 0.1) is 23.0 Å². The van der Waals surface area contributed by atoms with E-state index >= 15 is 0 Å². The van der Waals surface area contributed by atoms with E-state index in [9.17, 15) is 4.39 Å². The molecule has 2 fully saturated rings. The van der Waals surface area contributed by atoms with Crippen molar-refractivity contribution in [3.8, 4) is 0 Å². The number of methoxy groups -OCH3 is 1. The second kappa shape index (κ2) is 9.26. The lowest BCUT2D eigenvalue weighted by Gasteiger charge is -2.26. The smallest absolute Gasteiger partial charge is 0.312 e. The number of nitrogens with two attached hydrogens (primary N) is 1. The number of hydrogen-bond donors (Lipinski definition) is 2. The number of nitrogens with one attached hydrogen (secondary N) is 1. The van der Waals surface area contributed by atoms with E-state index in [0.717, 1.165) is 5.56 Å². The van der Waals surface area contributed by atoms with Crippen LogP contribution in [0.25, 0.3) is 0 Å². The van der Waals surface area contributed by atoms with Crippen molar-refractivity contribution < 1.29 is 28.2 Å². The number of rotatable bonds is 5. The van der Waals surface area contributed by atoms with Crippen molar-refractivity contribution in [2.75, 3.05) is 19.5 Å². The number of nitrogen functional groups attached to an aromatic ring is 1. The van der Waals surface area contributed by atoms with Crippen molar-refractivity contribution in [3.05, 3.63) is 57.9 Å². The molecule has 1 unspecified atom stereocenters. The van der Waals surface area contributed by atoms with Crippen molar-refractivity contribution in [3.63, 3.8) is 0 Å². The van der Waals surface area contributed by atoms with E-state index in [1.54, 1.807) is 20.1 Å². The maximum absolute atomic E-state index is 13.7. The Morgan fingerprint density at radius 1 is 1.31 bits per heavy atom. The maximum atomic E-state index is 13.7. The van der Waals surface area contributed by atoms with Crippen LogP contribution in [0.15, 0.2) is 27.7 Å². The topological polar surface area (TPSA) is 122 Å². The SMILES string of the molecule is [CH2+]C1(C)O[C@H]2[C@H](OC)O[C@H](CONC3=N[C@@H](c4ccc(F)cc4Br)Cc4nc(N)nc(C)c43)[C@H]2O1. The number of ether oxygens (including phenoxy) is 4. The zero-order valence-corrected chi connectivity index (χ0v) is 21.0. The quantitative estimate of drug-likeness (QED) is 0.427. The Hall–Kier alpha value is -2.35. The van der Waals surface area contributed by atoms with Gasteiger partial charge >= 0.3 is 5.79 Å². The number of aliphatic imine (C=N–C) groups is 1. The molecular weight excluding hydrogens is 525 g/mol. The van der Waals surface area contributed by atoms with Crippen LogP contribution >= 0.6 is 15.9 Å². The van der Waals surface area contributed by atoms with Gasteiger partial charge in [-0.3, -0.25) is 9.83 Å². The standard InChI is InChI=1S/C23H26BrFN5O5/c1-10-17-15(29-22(26)27-10)8-14(12-6-5-11(25)7-13(12)24)28-20(17)30-32-9-16-18-19(21(31-4)33-16)35-23(2,3)34-18/h5-7,14,16,18-19,21H,2,8-9H2,1,3-4H3,(H,28,30)(H2,26,27,29)/q+1/t14-,16-,18-,19-,21-,23?/m1/s1. The third-order valence-corrected chi connectivity index (χ3v) is 6.79. The number of hydroxylamine groups is 1. The van der Waals surface area contributed by atoms with Crippen molar-refractivity contribution in [1.82, 2.24) is 15.4 Å². The molecular formula is C23H26BrFN5O5+. The highest BCUT2D eigenvalue weighted by atomic mass is 79.9. The summed E-state index contributed by atoms with van der Waals surface area (Å²) in [5.41, 5.74) is 11.7. The van der Waals surface area contributed by atoms with Crippen LogP contribution in [0.1, 0.15) is 35.5 Å². The average Bonchev–Trinajstić information content (AvgIpc) is 3.25. The number of halogens is 2. The van der Waals surface area contributed by atoms with E-state index in [-0.39, 0.29) is 24.4 Å². The molecule has 186 valence electrons. The summed E-state index contributed by atoms with van der Waals surface area (Å²) in [6.07, 6.45) is -1.41. The van der Waals surface area contributed by atoms with Gasteiger partial charge < -0.3 is 24.7 Å². The van der Waals surface area contributed by atoms with Gasteiger partial charge in [-0.1, -0.05) is 22.0 Å². The molecule has 0 spiro atoms. The predicted octanol–water partition coefficient (Wildman–Crippen LogP) is 2.54. The van der Waals surface area contributed by atoms with E-state index < -0.39 is 30.4 Å². The Bertz CT molecular complexity index is 1170. The van der Waals surface area contributed by atoms with Gasteiger partial charge in [-0.2, -0.15) is 0 Å². The summed E-state index contributed by atoms with van der Waals surface area (Å²) in [5.74, 6) is -0.719. The van der Waals surface area contributed by atoms with E-state index in [4.69, 9.17) is 34.5 Å². The number of amidine groups is 1. The van der Waals surface area contributed by atoms with E-state index in [1.165, 1.54) is 12.1 Å². The van der Waals surface area contributed by atoms with E-state index in [1.807, 2.05) is 6.92 Å². The second-order valence-corrected chi connectivity index (χ2v) is 9.70. The highest BCUT2D eigenvalue weighted by Crippen LogP contribution is 2.39. The second-order valence-electron chi connectivity index (χ2n) is 8.84. The van der Waals surface area contributed by atoms with Gasteiger partial charge in [0.15, 0.2) is 12.1 Å². The minimum absolute atomic E-state index is 0.120. The van der Waals surface area contributed by atoms with Gasteiger partial charge in [-0.25, -0.2) is 19.8 Å². The van der Waals surface area contributed by atoms with Crippen molar-refractivity contribution in [1.29, 1.82) is 0 Å². The molecule has 3 aliphatic heterocycles. The zero-order chi connectivity index (χ0) is 24.9. The normalized spacial score (nSPS) is 31.7. The van der Waals surface area contributed by atoms with Crippen molar-refractivity contribution >= 4 is 27.7 Å². The Morgan fingerprint density at radius 2 is 2.09 bits per heavy atom. The number of aryl methyl sites for hydroxylation is 1. The number of hydrogen-bond acceptors (Lipinski definition) is 10. The van der Waals surface area contributed by atoms with E-state index in [2.05, 4.69) is 38.3 Å². The molecule has 3 N–H and O–H groups in total. The Labute approximate surface area is 210 Å². The number of aromatic nitrogens is 2. The molecule has 0 radical (unpaired) electrons. The third kappa shape index (κ3) is 4.74. The molecule has 2 saturated heterocycles. The summed E-state index contributed by atoms with van der Waals surface area (Å²) in [5, 5.41) is 0. The Kier molecular flexibility index (Phi) is 6.45. The van der Waals surface area contributed by atoms with Gasteiger partial charge in [-0.15, -0.1) is 0 Å². The summed E-state index contributed by atoms with van der Waals surface area (Å²) in [6.45, 7) is 7.61. The van der Waals surface area contributed by atoms with Crippen LogP contribution in [-0.4, -0.2) is 59.9 Å². The molecule has 4 heterocycles. The highest BCUT2D eigenvalue weighted by molar-refractivity contribution is 9.10. The van der Waals surface area contributed by atoms with Crippen LogP contribution in [0.2, 0.25) is 0 Å². The summed E-state index contributed by atoms with van der Waals surface area (Å²) < 4.78 is 37.3. The Morgan fingerprint density at radius 3 is 2.83 bits per heavy atom. The largest absolute Gasteiger partial charge is 0.368 e. The van der Waals surface area contributed by atoms with Gasteiger partial charge in [0.25, 0.3) is 0 Å². The van der Waals surface area contributed by atoms with Crippen molar-refractivity contribution in [2.24, 2.45) is 4.99 Å². The number of nitrogens with zero attached hydrogens (tertiary/aromatic N) is 3. The molecule has 5 rings (SSSR count). The fraction of sp³-hybridized carbons (Fsp3) is 0.478. The predicted molar refractivity (Wildman–Crippen MR) is 127 cm³/mol. The van der Waals surface area contributed by atoms with Crippen LogP contribution in [0.3, 0.4) is 0 Å². The average molecular weight is 551 g/mol. The summed E-state index contributed by atoms with van der Waals surface area (Å²) in [6, 6.07) is 4.15. The molecule has 35 heavy (non-hydrogen) atoms. The van der Waals surface area contributed by atoms with Crippen LogP contribution in [0.5, 0.6) is 0 Å². The number of fused-ring (bicyclic) bond motifs is 2. The fourth-order valence-corrected chi connectivity index (χ4v) is 5.28. The molecule has 6 atom stereocenters. The van der Waals surface area contributed by atoms with Crippen LogP contribution in [-0.2, 0) is 30.2 Å². The first-order chi connectivity index (χ1) is 16.6. The molecule has 1 aromatic carbocycles. The monoisotopic (exact) mass is 550 g/mol. The van der Waals surface area contributed by atoms with Crippen LogP contribution < -0.4 is 11.2 Å². The molecule has 12 heteroatoms. The molecule has 0 aliphatic carbocycles. The first kappa shape index (κ1) is 24.3. The molecule has 3 aliphatic rings. The molecule has 1 aromatic heterocycles. The number of benzene rings is 1. The summed E-state index contributed by atoms with van der Waals surface area (Å²) >= 11 is 3.44. The third-order valence-electron chi connectivity index (χ3n) is 6.10.